The molecular formula is C19H19N3O4S. The van der Waals surface area contributed by atoms with Crippen LogP contribution in [-0.2, 0) is 15.6 Å². The van der Waals surface area contributed by atoms with E-state index in [4.69, 9.17) is 4.42 Å². The van der Waals surface area contributed by atoms with Crippen LogP contribution < -0.4 is 5.32 Å². The molecule has 8 heteroatoms. The summed E-state index contributed by atoms with van der Waals surface area (Å²) in [6.45, 7) is 2.38. The highest BCUT2D eigenvalue weighted by atomic mass is 32.2. The van der Waals surface area contributed by atoms with Crippen molar-refractivity contribution >= 4 is 15.7 Å². The molecule has 1 heterocycles. The molecular weight excluding hydrogens is 366 g/mol. The van der Waals surface area contributed by atoms with Crippen molar-refractivity contribution in [2.45, 2.75) is 23.5 Å². The number of rotatable bonds is 7. The Morgan fingerprint density at radius 1 is 1.04 bits per heavy atom. The summed E-state index contributed by atoms with van der Waals surface area (Å²) >= 11 is 0. The number of amides is 1. The van der Waals surface area contributed by atoms with Gasteiger partial charge >= 0.3 is 11.8 Å². The lowest BCUT2D eigenvalue weighted by molar-refractivity contribution is 0.0915. The van der Waals surface area contributed by atoms with Gasteiger partial charge in [0.05, 0.1) is 4.90 Å². The largest absolute Gasteiger partial charge is 0.416 e. The summed E-state index contributed by atoms with van der Waals surface area (Å²) < 4.78 is 29.9. The van der Waals surface area contributed by atoms with E-state index in [1.807, 2.05) is 37.3 Å². The van der Waals surface area contributed by atoms with Gasteiger partial charge < -0.3 is 9.73 Å². The Morgan fingerprint density at radius 2 is 1.67 bits per heavy atom. The van der Waals surface area contributed by atoms with E-state index < -0.39 is 21.5 Å². The van der Waals surface area contributed by atoms with E-state index in [9.17, 15) is 13.2 Å². The summed E-state index contributed by atoms with van der Waals surface area (Å²) in [4.78, 5) is 12.3. The van der Waals surface area contributed by atoms with Crippen LogP contribution in [0.4, 0.5) is 0 Å². The van der Waals surface area contributed by atoms with Gasteiger partial charge in [-0.1, -0.05) is 55.5 Å². The first-order chi connectivity index (χ1) is 13.0. The zero-order chi connectivity index (χ0) is 19.3. The van der Waals surface area contributed by atoms with Crippen molar-refractivity contribution in [1.82, 2.24) is 15.5 Å². The summed E-state index contributed by atoms with van der Waals surface area (Å²) in [5, 5.41) is 10.0. The number of carbonyl (C=O) groups is 1. The average molecular weight is 385 g/mol. The Labute approximate surface area is 157 Å². The molecule has 3 aromatic rings. The fraction of sp³-hybridized carbons (Fsp3) is 0.211. The predicted octanol–water partition coefficient (Wildman–Crippen LogP) is 2.58. The molecule has 140 valence electrons. The van der Waals surface area contributed by atoms with Gasteiger partial charge in [-0.2, -0.15) is 0 Å². The second kappa shape index (κ2) is 8.13. The smallest absolute Gasteiger partial charge is 0.308 e. The molecule has 0 aliphatic carbocycles. The predicted molar refractivity (Wildman–Crippen MR) is 98.8 cm³/mol. The Kier molecular flexibility index (Phi) is 5.66. The molecule has 0 bridgehead atoms. The minimum atomic E-state index is -3.62. The lowest BCUT2D eigenvalue weighted by Gasteiger charge is -2.11. The van der Waals surface area contributed by atoms with E-state index in [1.165, 1.54) is 12.1 Å². The van der Waals surface area contributed by atoms with Crippen LogP contribution in [0.5, 0.6) is 0 Å². The highest BCUT2D eigenvalue weighted by molar-refractivity contribution is 7.90. The van der Waals surface area contributed by atoms with Crippen molar-refractivity contribution in [1.29, 1.82) is 0 Å². The number of nitrogens with one attached hydrogen (secondary N) is 1. The molecule has 3 rings (SSSR count). The third kappa shape index (κ3) is 4.79. The van der Waals surface area contributed by atoms with Gasteiger partial charge in [0.25, 0.3) is 0 Å². The summed E-state index contributed by atoms with van der Waals surface area (Å²) in [5.41, 5.74) is 1.10. The number of aromatic nitrogens is 2. The molecule has 1 atom stereocenters. The first kappa shape index (κ1) is 18.8. The maximum atomic E-state index is 12.3. The lowest BCUT2D eigenvalue weighted by atomic mass is 10.0. The van der Waals surface area contributed by atoms with Crippen LogP contribution in [0.2, 0.25) is 0 Å². The first-order valence-corrected chi connectivity index (χ1v) is 10.0. The zero-order valence-electron chi connectivity index (χ0n) is 14.7. The fourth-order valence-electron chi connectivity index (χ4n) is 2.50. The molecule has 0 spiro atoms. The minimum absolute atomic E-state index is 0.107. The monoisotopic (exact) mass is 385 g/mol. The summed E-state index contributed by atoms with van der Waals surface area (Å²) in [5.74, 6) is -1.27. The van der Waals surface area contributed by atoms with Crippen LogP contribution in [0.25, 0.3) is 0 Å². The van der Waals surface area contributed by atoms with E-state index in [-0.39, 0.29) is 22.6 Å². The normalized spacial score (nSPS) is 12.5. The molecule has 0 radical (unpaired) electrons. The Bertz CT molecular complexity index is 1000. The number of carbonyl (C=O) groups excluding carboxylic acids is 1. The second-order valence-electron chi connectivity index (χ2n) is 6.09. The Morgan fingerprint density at radius 3 is 2.33 bits per heavy atom. The molecule has 1 amide bonds. The molecule has 1 aromatic heterocycles. The average Bonchev–Trinajstić information content (AvgIpc) is 3.15. The highest BCUT2D eigenvalue weighted by Crippen LogP contribution is 2.16. The van der Waals surface area contributed by atoms with Gasteiger partial charge in [-0.3, -0.25) is 4.79 Å². The second-order valence-corrected chi connectivity index (χ2v) is 8.08. The van der Waals surface area contributed by atoms with Gasteiger partial charge in [0.1, 0.15) is 5.75 Å². The van der Waals surface area contributed by atoms with E-state index in [1.54, 1.807) is 18.2 Å². The number of hydrogen-bond acceptors (Lipinski definition) is 6. The fourth-order valence-corrected chi connectivity index (χ4v) is 3.68. The SMILES string of the molecule is C[C@@H](CNC(=O)c1nnc(CS(=O)(=O)c2ccccc2)o1)c1ccccc1. The summed E-state index contributed by atoms with van der Waals surface area (Å²) in [6.07, 6.45) is 0. The topological polar surface area (TPSA) is 102 Å². The van der Waals surface area contributed by atoms with Gasteiger partial charge in [0, 0.05) is 6.54 Å². The molecule has 2 aromatic carbocycles. The van der Waals surface area contributed by atoms with Crippen molar-refractivity contribution in [3.05, 3.63) is 78.0 Å². The van der Waals surface area contributed by atoms with E-state index >= 15 is 0 Å². The van der Waals surface area contributed by atoms with Crippen LogP contribution in [0.1, 0.15) is 35.0 Å². The highest BCUT2D eigenvalue weighted by Gasteiger charge is 2.21. The Balaban J connectivity index is 1.61. The molecule has 0 saturated carbocycles. The molecule has 0 aliphatic heterocycles. The molecule has 0 unspecified atom stereocenters. The van der Waals surface area contributed by atoms with Gasteiger partial charge in [-0.05, 0) is 23.6 Å². The van der Waals surface area contributed by atoms with Gasteiger partial charge in [-0.15, -0.1) is 10.2 Å². The molecule has 0 fully saturated rings. The third-order valence-corrected chi connectivity index (χ3v) is 5.63. The van der Waals surface area contributed by atoms with E-state index in [0.717, 1.165) is 5.56 Å². The molecule has 0 saturated heterocycles. The standard InChI is InChI=1S/C19H19N3O4S/c1-14(15-8-4-2-5-9-15)12-20-18(23)19-22-21-17(26-19)13-27(24,25)16-10-6-3-7-11-16/h2-11,14H,12-13H2,1H3,(H,20,23)/t14-/m0/s1. The van der Waals surface area contributed by atoms with Crippen LogP contribution in [0, 0.1) is 0 Å². The molecule has 0 aliphatic rings. The van der Waals surface area contributed by atoms with E-state index in [2.05, 4.69) is 15.5 Å². The van der Waals surface area contributed by atoms with Gasteiger partial charge in [0.15, 0.2) is 9.84 Å². The lowest BCUT2D eigenvalue weighted by Crippen LogP contribution is -2.27. The van der Waals surface area contributed by atoms with Crippen LogP contribution in [-0.4, -0.2) is 31.1 Å². The van der Waals surface area contributed by atoms with Gasteiger partial charge in [-0.25, -0.2) is 8.42 Å². The molecule has 7 nitrogen and oxygen atoms in total. The number of sulfone groups is 1. The first-order valence-electron chi connectivity index (χ1n) is 8.39. The van der Waals surface area contributed by atoms with Crippen LogP contribution in [0.15, 0.2) is 70.0 Å². The maximum Gasteiger partial charge on any atom is 0.308 e. The Hall–Kier alpha value is -3.00. The zero-order valence-corrected chi connectivity index (χ0v) is 15.5. The molecule has 27 heavy (non-hydrogen) atoms. The number of nitrogens with zero attached hydrogens (tertiary/aromatic N) is 2. The summed E-state index contributed by atoms with van der Waals surface area (Å²) in [6, 6.07) is 17.7. The van der Waals surface area contributed by atoms with Crippen LogP contribution in [0.3, 0.4) is 0 Å². The van der Waals surface area contributed by atoms with Crippen LogP contribution >= 0.6 is 0 Å². The van der Waals surface area contributed by atoms with Crippen molar-refractivity contribution in [3.8, 4) is 0 Å². The van der Waals surface area contributed by atoms with E-state index in [0.29, 0.717) is 6.54 Å². The quantitative estimate of drug-likeness (QED) is 0.671. The third-order valence-electron chi connectivity index (χ3n) is 4.01. The minimum Gasteiger partial charge on any atom is -0.416 e. The van der Waals surface area contributed by atoms with Gasteiger partial charge in [0.2, 0.25) is 5.89 Å². The number of hydrogen-bond donors (Lipinski definition) is 1. The van der Waals surface area contributed by atoms with Crippen molar-refractivity contribution in [2.24, 2.45) is 0 Å². The van der Waals surface area contributed by atoms with Crippen molar-refractivity contribution in [2.75, 3.05) is 6.54 Å². The number of benzene rings is 2. The van der Waals surface area contributed by atoms with Crippen molar-refractivity contribution in [3.63, 3.8) is 0 Å². The summed E-state index contributed by atoms with van der Waals surface area (Å²) in [7, 11) is -3.62. The molecule has 1 N–H and O–H groups in total. The maximum absolute atomic E-state index is 12.3. The van der Waals surface area contributed by atoms with Crippen molar-refractivity contribution < 1.29 is 17.6 Å².